The first-order valence-electron chi connectivity index (χ1n) is 5.36. The molecule has 0 aromatic heterocycles. The largest absolute Gasteiger partial charge is 0.444 e. The predicted octanol–water partition coefficient (Wildman–Crippen LogP) is 1.39. The Kier molecular flexibility index (Phi) is 6.57. The molecule has 17 heavy (non-hydrogen) atoms. The number of esters is 1. The molecule has 0 saturated carbocycles. The van der Waals surface area contributed by atoms with Crippen LogP contribution in [0.15, 0.2) is 0 Å². The Bertz CT molecular complexity index is 259. The van der Waals surface area contributed by atoms with Crippen LogP contribution in [0.25, 0.3) is 0 Å². The van der Waals surface area contributed by atoms with Crippen LogP contribution in [0.2, 0.25) is 0 Å². The molecule has 0 aliphatic carbocycles. The second-order valence-corrected chi connectivity index (χ2v) is 4.50. The van der Waals surface area contributed by atoms with Crippen LogP contribution >= 0.6 is 0 Å². The Labute approximate surface area is 102 Å². The summed E-state index contributed by atoms with van der Waals surface area (Å²) in [6.45, 7) is 7.11. The fourth-order valence-corrected chi connectivity index (χ4v) is 0.905. The van der Waals surface area contributed by atoms with E-state index in [-0.39, 0.29) is 6.73 Å². The summed E-state index contributed by atoms with van der Waals surface area (Å²) in [5, 5.41) is 0. The lowest BCUT2D eigenvalue weighted by molar-refractivity contribution is -0.145. The Hall–Kier alpha value is -1.30. The number of ether oxygens (including phenoxy) is 3. The Morgan fingerprint density at radius 1 is 1.24 bits per heavy atom. The van der Waals surface area contributed by atoms with Crippen molar-refractivity contribution in [3.05, 3.63) is 0 Å². The van der Waals surface area contributed by atoms with Gasteiger partial charge in [-0.3, -0.25) is 9.69 Å². The van der Waals surface area contributed by atoms with Gasteiger partial charge in [-0.05, 0) is 20.8 Å². The summed E-state index contributed by atoms with van der Waals surface area (Å²) in [4.78, 5) is 23.7. The van der Waals surface area contributed by atoms with Crippen LogP contribution in [0, 0.1) is 0 Å². The SMILES string of the molecule is COCCN(COC(C)=O)C(=O)OC(C)(C)C. The zero-order chi connectivity index (χ0) is 13.5. The van der Waals surface area contributed by atoms with Crippen molar-refractivity contribution >= 4 is 12.1 Å². The maximum atomic E-state index is 11.7. The van der Waals surface area contributed by atoms with Gasteiger partial charge in [-0.2, -0.15) is 0 Å². The normalized spacial score (nSPS) is 10.9. The molecule has 0 rings (SSSR count). The summed E-state index contributed by atoms with van der Waals surface area (Å²) in [5.74, 6) is -0.448. The highest BCUT2D eigenvalue weighted by Gasteiger charge is 2.22. The first-order chi connectivity index (χ1) is 7.76. The summed E-state index contributed by atoms with van der Waals surface area (Å²) in [6.07, 6.45) is -0.532. The van der Waals surface area contributed by atoms with Crippen molar-refractivity contribution in [2.24, 2.45) is 0 Å². The zero-order valence-electron chi connectivity index (χ0n) is 11.1. The van der Waals surface area contributed by atoms with Gasteiger partial charge in [0.1, 0.15) is 5.60 Å². The Morgan fingerprint density at radius 2 is 1.82 bits per heavy atom. The molecule has 0 radical (unpaired) electrons. The Morgan fingerprint density at radius 3 is 2.24 bits per heavy atom. The maximum absolute atomic E-state index is 11.7. The molecule has 0 bridgehead atoms. The first-order valence-corrected chi connectivity index (χ1v) is 5.36. The van der Waals surface area contributed by atoms with Gasteiger partial charge < -0.3 is 14.2 Å². The minimum absolute atomic E-state index is 0.131. The van der Waals surface area contributed by atoms with E-state index in [4.69, 9.17) is 14.2 Å². The van der Waals surface area contributed by atoms with Gasteiger partial charge in [-0.1, -0.05) is 0 Å². The average molecular weight is 247 g/mol. The van der Waals surface area contributed by atoms with Crippen molar-refractivity contribution < 1.29 is 23.8 Å². The molecule has 0 aliphatic rings. The van der Waals surface area contributed by atoms with Crippen molar-refractivity contribution in [2.45, 2.75) is 33.3 Å². The fraction of sp³-hybridized carbons (Fsp3) is 0.818. The van der Waals surface area contributed by atoms with Gasteiger partial charge in [0.15, 0.2) is 6.73 Å². The van der Waals surface area contributed by atoms with Crippen LogP contribution in [0.5, 0.6) is 0 Å². The number of rotatable bonds is 5. The minimum atomic E-state index is -0.585. The number of methoxy groups -OCH3 is 1. The highest BCUT2D eigenvalue weighted by molar-refractivity contribution is 5.69. The lowest BCUT2D eigenvalue weighted by Gasteiger charge is -2.26. The van der Waals surface area contributed by atoms with Crippen LogP contribution < -0.4 is 0 Å². The molecule has 0 heterocycles. The smallest absolute Gasteiger partial charge is 0.413 e. The monoisotopic (exact) mass is 247 g/mol. The summed E-state index contributed by atoms with van der Waals surface area (Å²) in [5.41, 5.74) is -0.585. The maximum Gasteiger partial charge on any atom is 0.413 e. The number of amides is 1. The van der Waals surface area contributed by atoms with Gasteiger partial charge in [-0.25, -0.2) is 4.79 Å². The molecule has 100 valence electrons. The second kappa shape index (κ2) is 7.11. The molecule has 0 atom stereocenters. The molecule has 0 N–H and O–H groups in total. The topological polar surface area (TPSA) is 65.1 Å². The van der Waals surface area contributed by atoms with Crippen molar-refractivity contribution in [3.63, 3.8) is 0 Å². The van der Waals surface area contributed by atoms with Gasteiger partial charge in [-0.15, -0.1) is 0 Å². The summed E-state index contributed by atoms with van der Waals surface area (Å²) < 4.78 is 14.8. The summed E-state index contributed by atoms with van der Waals surface area (Å²) in [7, 11) is 1.53. The van der Waals surface area contributed by atoms with Crippen LogP contribution in [0.3, 0.4) is 0 Å². The van der Waals surface area contributed by atoms with Crippen LogP contribution in [-0.2, 0) is 19.0 Å². The van der Waals surface area contributed by atoms with Crippen LogP contribution in [-0.4, -0.2) is 49.6 Å². The number of hydrogen-bond acceptors (Lipinski definition) is 5. The predicted molar refractivity (Wildman–Crippen MR) is 61.4 cm³/mol. The van der Waals surface area contributed by atoms with Gasteiger partial charge >= 0.3 is 12.1 Å². The second-order valence-electron chi connectivity index (χ2n) is 4.50. The first kappa shape index (κ1) is 15.7. The molecule has 6 nitrogen and oxygen atoms in total. The lowest BCUT2D eigenvalue weighted by Crippen LogP contribution is -2.40. The molecule has 0 saturated heterocycles. The molecule has 0 aromatic carbocycles. The van der Waals surface area contributed by atoms with Crippen LogP contribution in [0.1, 0.15) is 27.7 Å². The van der Waals surface area contributed by atoms with Gasteiger partial charge in [0.2, 0.25) is 0 Å². The average Bonchev–Trinajstić information content (AvgIpc) is 2.14. The molecule has 0 aliphatic heterocycles. The summed E-state index contributed by atoms with van der Waals surface area (Å²) >= 11 is 0. The van der Waals surface area contributed by atoms with Crippen molar-refractivity contribution in [1.82, 2.24) is 4.90 Å². The van der Waals surface area contributed by atoms with E-state index in [1.165, 1.54) is 18.9 Å². The third-order valence-corrected chi connectivity index (χ3v) is 1.64. The van der Waals surface area contributed by atoms with E-state index >= 15 is 0 Å². The highest BCUT2D eigenvalue weighted by Crippen LogP contribution is 2.09. The standard InChI is InChI=1S/C11H21NO5/c1-9(13)16-8-12(6-7-15-5)10(14)17-11(2,3)4/h6-8H2,1-5H3. The molecule has 0 spiro atoms. The molecule has 6 heteroatoms. The lowest BCUT2D eigenvalue weighted by atomic mass is 10.2. The molecule has 1 amide bonds. The third kappa shape index (κ3) is 8.50. The van der Waals surface area contributed by atoms with E-state index in [9.17, 15) is 9.59 Å². The van der Waals surface area contributed by atoms with Crippen LogP contribution in [0.4, 0.5) is 4.79 Å². The molecular weight excluding hydrogens is 226 g/mol. The zero-order valence-corrected chi connectivity index (χ0v) is 11.1. The molecule has 0 unspecified atom stereocenters. The summed E-state index contributed by atoms with van der Waals surface area (Å²) in [6, 6.07) is 0. The highest BCUT2D eigenvalue weighted by atomic mass is 16.6. The number of nitrogens with zero attached hydrogens (tertiary/aromatic N) is 1. The van der Waals surface area contributed by atoms with E-state index in [2.05, 4.69) is 0 Å². The van der Waals surface area contributed by atoms with Crippen molar-refractivity contribution in [1.29, 1.82) is 0 Å². The van der Waals surface area contributed by atoms with E-state index in [1.54, 1.807) is 20.8 Å². The van der Waals surface area contributed by atoms with Gasteiger partial charge in [0.05, 0.1) is 13.2 Å². The van der Waals surface area contributed by atoms with E-state index < -0.39 is 17.7 Å². The van der Waals surface area contributed by atoms with E-state index in [0.29, 0.717) is 13.2 Å². The molecule has 0 fully saturated rings. The quantitative estimate of drug-likeness (QED) is 0.542. The van der Waals surface area contributed by atoms with Crippen molar-refractivity contribution in [2.75, 3.05) is 27.0 Å². The number of carbonyl (C=O) groups is 2. The van der Waals surface area contributed by atoms with Gasteiger partial charge in [0, 0.05) is 14.0 Å². The Balaban J connectivity index is 4.33. The number of hydrogen-bond donors (Lipinski definition) is 0. The molecule has 0 aromatic rings. The van der Waals surface area contributed by atoms with Gasteiger partial charge in [0.25, 0.3) is 0 Å². The number of carbonyl (C=O) groups excluding carboxylic acids is 2. The fourth-order valence-electron chi connectivity index (χ4n) is 0.905. The third-order valence-electron chi connectivity index (χ3n) is 1.64. The molecular formula is C11H21NO5. The van der Waals surface area contributed by atoms with E-state index in [1.807, 2.05) is 0 Å². The minimum Gasteiger partial charge on any atom is -0.444 e. The van der Waals surface area contributed by atoms with E-state index in [0.717, 1.165) is 0 Å². The van der Waals surface area contributed by atoms with Crippen molar-refractivity contribution in [3.8, 4) is 0 Å².